The molecule has 0 amide bonds. The highest BCUT2D eigenvalue weighted by Crippen LogP contribution is 2.43. The standard InChI is InChI=1S/C18H34N2O3Si2/c1-17(2,3)24(7,8)19-15-13-14(20(21)22)11-12-16(15)23-25(9,10)18(4,5)6/h11-13,19H,1-10H3. The van der Waals surface area contributed by atoms with Crippen LogP contribution in [0.4, 0.5) is 11.4 Å². The van der Waals surface area contributed by atoms with E-state index in [2.05, 4.69) is 72.7 Å². The number of nitro benzene ring substituents is 1. The largest absolute Gasteiger partial charge is 0.542 e. The smallest absolute Gasteiger partial charge is 0.271 e. The maximum atomic E-state index is 11.2. The van der Waals surface area contributed by atoms with Gasteiger partial charge in [-0.05, 0) is 29.2 Å². The van der Waals surface area contributed by atoms with Gasteiger partial charge >= 0.3 is 0 Å². The van der Waals surface area contributed by atoms with Crippen LogP contribution in [0.2, 0.25) is 36.3 Å². The van der Waals surface area contributed by atoms with Crippen molar-refractivity contribution in [2.45, 2.75) is 77.8 Å². The SMILES string of the molecule is CC(C)(C)[Si](C)(C)Nc1cc([N+](=O)[O-])ccc1O[Si](C)(C)C(C)(C)C. The lowest BCUT2D eigenvalue weighted by atomic mass is 10.2. The van der Waals surface area contributed by atoms with Gasteiger partial charge in [0, 0.05) is 12.1 Å². The van der Waals surface area contributed by atoms with Crippen LogP contribution in [0.25, 0.3) is 0 Å². The third-order valence-corrected chi connectivity index (χ3v) is 14.7. The van der Waals surface area contributed by atoms with Gasteiger partial charge in [-0.1, -0.05) is 54.6 Å². The lowest BCUT2D eigenvalue weighted by Gasteiger charge is -2.40. The highest BCUT2D eigenvalue weighted by molar-refractivity contribution is 6.83. The summed E-state index contributed by atoms with van der Waals surface area (Å²) in [5.74, 6) is 0.724. The minimum Gasteiger partial charge on any atom is -0.542 e. The molecule has 1 aromatic rings. The van der Waals surface area contributed by atoms with E-state index in [0.717, 1.165) is 11.4 Å². The van der Waals surface area contributed by atoms with Crippen molar-refractivity contribution < 1.29 is 9.35 Å². The van der Waals surface area contributed by atoms with E-state index in [1.54, 1.807) is 12.1 Å². The molecule has 0 atom stereocenters. The van der Waals surface area contributed by atoms with Gasteiger partial charge < -0.3 is 9.41 Å². The minimum absolute atomic E-state index is 0.0586. The number of non-ortho nitro benzene ring substituents is 1. The Morgan fingerprint density at radius 1 is 1.00 bits per heavy atom. The fourth-order valence-corrected chi connectivity index (χ4v) is 4.05. The lowest BCUT2D eigenvalue weighted by Crippen LogP contribution is -2.47. The molecule has 1 N–H and O–H groups in total. The first-order valence-electron chi connectivity index (χ1n) is 8.74. The van der Waals surface area contributed by atoms with Crippen LogP contribution in [-0.2, 0) is 0 Å². The Balaban J connectivity index is 3.37. The van der Waals surface area contributed by atoms with Crippen molar-refractivity contribution in [3.05, 3.63) is 28.3 Å². The normalized spacial score (nSPS) is 13.5. The maximum absolute atomic E-state index is 11.2. The predicted molar refractivity (Wildman–Crippen MR) is 112 cm³/mol. The number of rotatable bonds is 5. The molecule has 0 aliphatic rings. The van der Waals surface area contributed by atoms with Gasteiger partial charge in [0.05, 0.1) is 10.6 Å². The summed E-state index contributed by atoms with van der Waals surface area (Å²) >= 11 is 0. The van der Waals surface area contributed by atoms with Crippen molar-refractivity contribution in [1.82, 2.24) is 0 Å². The summed E-state index contributed by atoms with van der Waals surface area (Å²) < 4.78 is 6.47. The molecule has 1 aromatic carbocycles. The molecule has 0 radical (unpaired) electrons. The van der Waals surface area contributed by atoms with Crippen LogP contribution < -0.4 is 9.41 Å². The first-order chi connectivity index (χ1) is 11.0. The van der Waals surface area contributed by atoms with Gasteiger partial charge in [0.2, 0.25) is 0 Å². The zero-order valence-corrected chi connectivity index (χ0v) is 19.4. The van der Waals surface area contributed by atoms with Crippen molar-refractivity contribution in [1.29, 1.82) is 0 Å². The second-order valence-corrected chi connectivity index (χ2v) is 19.5. The van der Waals surface area contributed by atoms with Crippen LogP contribution in [0, 0.1) is 10.1 Å². The third-order valence-electron chi connectivity index (χ3n) is 5.67. The van der Waals surface area contributed by atoms with E-state index in [1.165, 1.54) is 6.07 Å². The number of nitro groups is 1. The van der Waals surface area contributed by atoms with Gasteiger partial charge in [0.15, 0.2) is 8.24 Å². The topological polar surface area (TPSA) is 64.4 Å². The van der Waals surface area contributed by atoms with Crippen LogP contribution in [0.15, 0.2) is 18.2 Å². The Kier molecular flexibility index (Phi) is 5.86. The van der Waals surface area contributed by atoms with E-state index in [0.29, 0.717) is 0 Å². The van der Waals surface area contributed by atoms with Gasteiger partial charge in [0.1, 0.15) is 5.75 Å². The van der Waals surface area contributed by atoms with E-state index in [9.17, 15) is 10.1 Å². The summed E-state index contributed by atoms with van der Waals surface area (Å²) in [6.07, 6.45) is 0. The van der Waals surface area contributed by atoms with Gasteiger partial charge in [0.25, 0.3) is 14.0 Å². The van der Waals surface area contributed by atoms with Crippen molar-refractivity contribution in [3.63, 3.8) is 0 Å². The zero-order valence-electron chi connectivity index (χ0n) is 17.4. The number of anilines is 1. The molecule has 0 unspecified atom stereocenters. The van der Waals surface area contributed by atoms with E-state index in [-0.39, 0.29) is 20.7 Å². The summed E-state index contributed by atoms with van der Waals surface area (Å²) in [6, 6.07) is 4.89. The Morgan fingerprint density at radius 2 is 1.52 bits per heavy atom. The maximum Gasteiger partial charge on any atom is 0.271 e. The molecule has 0 spiro atoms. The average molecular weight is 383 g/mol. The number of nitrogens with one attached hydrogen (secondary N) is 1. The number of hydrogen-bond donors (Lipinski definition) is 1. The number of benzene rings is 1. The molecule has 0 saturated heterocycles. The molecule has 1 rings (SSSR count). The quantitative estimate of drug-likeness (QED) is 0.364. The predicted octanol–water partition coefficient (Wildman–Crippen LogP) is 6.40. The van der Waals surface area contributed by atoms with E-state index < -0.39 is 16.6 Å². The molecule has 0 bridgehead atoms. The van der Waals surface area contributed by atoms with Gasteiger partial charge in [-0.25, -0.2) is 0 Å². The van der Waals surface area contributed by atoms with E-state index >= 15 is 0 Å². The molecule has 7 heteroatoms. The summed E-state index contributed by atoms with van der Waals surface area (Å²) in [5.41, 5.74) is 0.828. The number of nitrogens with zero attached hydrogens (tertiary/aromatic N) is 1. The fourth-order valence-electron chi connectivity index (χ4n) is 1.77. The van der Waals surface area contributed by atoms with E-state index in [1.807, 2.05) is 0 Å². The minimum atomic E-state index is -2.04. The highest BCUT2D eigenvalue weighted by Gasteiger charge is 2.41. The summed E-state index contributed by atoms with van der Waals surface area (Å²) in [6.45, 7) is 22.0. The summed E-state index contributed by atoms with van der Waals surface area (Å²) in [7, 11) is -3.93. The monoisotopic (exact) mass is 382 g/mol. The van der Waals surface area contributed by atoms with Crippen LogP contribution in [-0.4, -0.2) is 21.5 Å². The van der Waals surface area contributed by atoms with Crippen molar-refractivity contribution in [2.75, 3.05) is 4.98 Å². The third kappa shape index (κ3) is 5.07. The number of hydrogen-bond acceptors (Lipinski definition) is 4. The second-order valence-electron chi connectivity index (χ2n) is 9.80. The van der Waals surface area contributed by atoms with Gasteiger partial charge in [-0.15, -0.1) is 0 Å². The Hall–Kier alpha value is -1.35. The van der Waals surface area contributed by atoms with Crippen molar-refractivity contribution in [3.8, 4) is 5.75 Å². The Labute approximate surface area is 154 Å². The molecular formula is C18H34N2O3Si2. The highest BCUT2D eigenvalue weighted by atomic mass is 28.4. The van der Waals surface area contributed by atoms with Crippen LogP contribution >= 0.6 is 0 Å². The molecule has 0 aliphatic carbocycles. The molecule has 0 fully saturated rings. The molecular weight excluding hydrogens is 348 g/mol. The van der Waals surface area contributed by atoms with Crippen LogP contribution in [0.1, 0.15) is 41.5 Å². The molecule has 0 heterocycles. The van der Waals surface area contributed by atoms with Gasteiger partial charge in [-0.3, -0.25) is 10.1 Å². The summed E-state index contributed by atoms with van der Waals surface area (Å²) in [4.78, 5) is 14.5. The van der Waals surface area contributed by atoms with Gasteiger partial charge in [-0.2, -0.15) is 0 Å². The van der Waals surface area contributed by atoms with Crippen LogP contribution in [0.3, 0.4) is 0 Å². The zero-order chi connectivity index (χ0) is 19.8. The van der Waals surface area contributed by atoms with Crippen molar-refractivity contribution in [2.24, 2.45) is 0 Å². The molecule has 25 heavy (non-hydrogen) atoms. The first kappa shape index (κ1) is 21.7. The molecule has 142 valence electrons. The first-order valence-corrected chi connectivity index (χ1v) is 14.6. The molecule has 5 nitrogen and oxygen atoms in total. The molecule has 0 aliphatic heterocycles. The van der Waals surface area contributed by atoms with Crippen LogP contribution in [0.5, 0.6) is 5.75 Å². The van der Waals surface area contributed by atoms with E-state index in [4.69, 9.17) is 4.43 Å². The lowest BCUT2D eigenvalue weighted by molar-refractivity contribution is -0.384. The second kappa shape index (κ2) is 6.76. The average Bonchev–Trinajstić information content (AvgIpc) is 2.37. The molecule has 0 aromatic heterocycles. The van der Waals surface area contributed by atoms with Crippen molar-refractivity contribution >= 4 is 27.9 Å². The Morgan fingerprint density at radius 3 is 1.92 bits per heavy atom. The molecule has 0 saturated carbocycles. The fraction of sp³-hybridized carbons (Fsp3) is 0.667. The summed E-state index contributed by atoms with van der Waals surface area (Å²) in [5, 5.41) is 11.4. The Bertz CT molecular complexity index is 645.